The van der Waals surface area contributed by atoms with Crippen LogP contribution in [0.15, 0.2) is 46.1 Å². The molecule has 0 aliphatic heterocycles. The molecule has 1 aromatic carbocycles. The molecule has 0 spiro atoms. The number of thioether (sulfide) groups is 1. The van der Waals surface area contributed by atoms with Crippen LogP contribution in [0.5, 0.6) is 0 Å². The Hall–Kier alpha value is -2.64. The Morgan fingerprint density at radius 1 is 1.17 bits per heavy atom. The van der Waals surface area contributed by atoms with Gasteiger partial charge in [0.05, 0.1) is 11.1 Å². The molecule has 0 unspecified atom stereocenters. The van der Waals surface area contributed by atoms with Crippen LogP contribution in [0.1, 0.15) is 39.2 Å². The summed E-state index contributed by atoms with van der Waals surface area (Å²) >= 11 is 3.24. The summed E-state index contributed by atoms with van der Waals surface area (Å²) in [4.78, 5) is 22.3. The number of thiophene rings is 1. The van der Waals surface area contributed by atoms with Gasteiger partial charge in [0.15, 0.2) is 0 Å². The minimum Gasteiger partial charge on any atom is -0.475 e. The molecular weight excluding hydrogens is 404 g/mol. The minimum atomic E-state index is -1.06. The van der Waals surface area contributed by atoms with E-state index in [0.717, 1.165) is 21.7 Å². The minimum absolute atomic E-state index is 0.0481. The number of hydrogen-bond donors (Lipinski definition) is 1. The highest BCUT2D eigenvalue weighted by Crippen LogP contribution is 2.42. The predicted octanol–water partition coefficient (Wildman–Crippen LogP) is 6.12. The van der Waals surface area contributed by atoms with E-state index >= 15 is 0 Å². The smallest absolute Gasteiger partial charge is 0.371 e. The van der Waals surface area contributed by atoms with Gasteiger partial charge in [-0.1, -0.05) is 36.9 Å². The fourth-order valence-electron chi connectivity index (χ4n) is 3.22. The second kappa shape index (κ2) is 8.00. The first-order valence-electron chi connectivity index (χ1n) is 9.26. The molecule has 0 saturated heterocycles. The number of carboxylic acid groups (broad SMARTS) is 1. The number of aromatic nitrogens is 2. The molecule has 0 aliphatic rings. The number of rotatable bonds is 6. The van der Waals surface area contributed by atoms with Crippen LogP contribution in [0.3, 0.4) is 0 Å². The molecule has 148 valence electrons. The third-order valence-electron chi connectivity index (χ3n) is 4.87. The lowest BCUT2D eigenvalue weighted by atomic mass is 9.98. The summed E-state index contributed by atoms with van der Waals surface area (Å²) in [5.41, 5.74) is 4.90. The molecule has 4 aromatic rings. The molecule has 1 N–H and O–H groups in total. The normalized spacial score (nSPS) is 11.3. The maximum atomic E-state index is 11.0. The second-order valence-electron chi connectivity index (χ2n) is 6.77. The van der Waals surface area contributed by atoms with Crippen LogP contribution in [-0.4, -0.2) is 21.0 Å². The van der Waals surface area contributed by atoms with Gasteiger partial charge >= 0.3 is 5.97 Å². The topological polar surface area (TPSA) is 76.2 Å². The van der Waals surface area contributed by atoms with Gasteiger partial charge in [0.1, 0.15) is 21.9 Å². The fraction of sp³-hybridized carbons (Fsp3) is 0.227. The largest absolute Gasteiger partial charge is 0.475 e. The summed E-state index contributed by atoms with van der Waals surface area (Å²) in [7, 11) is 0. The van der Waals surface area contributed by atoms with Crippen LogP contribution in [0.2, 0.25) is 0 Å². The van der Waals surface area contributed by atoms with Gasteiger partial charge in [0, 0.05) is 10.4 Å². The summed E-state index contributed by atoms with van der Waals surface area (Å²) in [6.07, 6.45) is 2.52. The van der Waals surface area contributed by atoms with Crippen molar-refractivity contribution >= 4 is 39.3 Å². The Kier molecular flexibility index (Phi) is 5.43. The molecule has 29 heavy (non-hydrogen) atoms. The number of carbonyl (C=O) groups is 1. The number of fused-ring (bicyclic) bond motifs is 1. The average Bonchev–Trinajstić information content (AvgIpc) is 3.33. The Morgan fingerprint density at radius 3 is 2.69 bits per heavy atom. The first kappa shape index (κ1) is 19.7. The zero-order valence-electron chi connectivity index (χ0n) is 16.4. The van der Waals surface area contributed by atoms with Crippen LogP contribution in [0, 0.1) is 13.8 Å². The number of carboxylic acids is 1. The van der Waals surface area contributed by atoms with Gasteiger partial charge in [0.2, 0.25) is 5.76 Å². The third-order valence-corrected chi connectivity index (χ3v) is 7.12. The van der Waals surface area contributed by atoms with Gasteiger partial charge in [-0.05, 0) is 49.1 Å². The predicted molar refractivity (Wildman–Crippen MR) is 117 cm³/mol. The first-order chi connectivity index (χ1) is 14.0. The highest BCUT2D eigenvalue weighted by atomic mass is 32.2. The fourth-order valence-corrected chi connectivity index (χ4v) is 5.29. The zero-order valence-corrected chi connectivity index (χ0v) is 18.0. The van der Waals surface area contributed by atoms with E-state index in [0.29, 0.717) is 11.5 Å². The van der Waals surface area contributed by atoms with Crippen molar-refractivity contribution < 1.29 is 14.3 Å². The van der Waals surface area contributed by atoms with Crippen LogP contribution < -0.4 is 0 Å². The number of furan rings is 1. The molecule has 5 nitrogen and oxygen atoms in total. The SMILES string of the molecule is CCc1sc2ncnc(SCc3ccc(C(=O)O)o3)c2c1-c1ccc(C)c(C)c1. The molecule has 3 heterocycles. The number of aromatic carboxylic acids is 1. The third kappa shape index (κ3) is 3.80. The first-order valence-corrected chi connectivity index (χ1v) is 11.1. The Labute approximate surface area is 176 Å². The molecule has 3 aromatic heterocycles. The van der Waals surface area contributed by atoms with Crippen molar-refractivity contribution in [2.45, 2.75) is 38.0 Å². The molecule has 0 radical (unpaired) electrons. The molecule has 0 atom stereocenters. The lowest BCUT2D eigenvalue weighted by Crippen LogP contribution is -1.92. The van der Waals surface area contributed by atoms with E-state index in [4.69, 9.17) is 9.52 Å². The van der Waals surface area contributed by atoms with E-state index in [2.05, 4.69) is 48.9 Å². The Balaban J connectivity index is 1.77. The van der Waals surface area contributed by atoms with Crippen molar-refractivity contribution in [2.75, 3.05) is 0 Å². The van der Waals surface area contributed by atoms with Crippen LogP contribution in [0.4, 0.5) is 0 Å². The number of hydrogen-bond acceptors (Lipinski definition) is 6. The van der Waals surface area contributed by atoms with Crippen molar-refractivity contribution in [3.05, 3.63) is 64.2 Å². The number of aryl methyl sites for hydroxylation is 3. The van der Waals surface area contributed by atoms with Gasteiger partial charge in [-0.15, -0.1) is 11.3 Å². The molecule has 0 aliphatic carbocycles. The summed E-state index contributed by atoms with van der Waals surface area (Å²) in [6, 6.07) is 9.72. The maximum Gasteiger partial charge on any atom is 0.371 e. The van der Waals surface area contributed by atoms with Crippen LogP contribution in [-0.2, 0) is 12.2 Å². The van der Waals surface area contributed by atoms with Gasteiger partial charge < -0.3 is 9.52 Å². The van der Waals surface area contributed by atoms with Crippen LogP contribution in [0.25, 0.3) is 21.3 Å². The van der Waals surface area contributed by atoms with Crippen LogP contribution >= 0.6 is 23.1 Å². The average molecular weight is 425 g/mol. The van der Waals surface area contributed by atoms with Gasteiger partial charge in [-0.2, -0.15) is 0 Å². The summed E-state index contributed by atoms with van der Waals surface area (Å²) in [5, 5.41) is 11.0. The molecule has 0 bridgehead atoms. The number of nitrogens with zero attached hydrogens (tertiary/aromatic N) is 2. The zero-order chi connectivity index (χ0) is 20.5. The van der Waals surface area contributed by atoms with Gasteiger partial charge in [0.25, 0.3) is 0 Å². The summed E-state index contributed by atoms with van der Waals surface area (Å²) in [6.45, 7) is 6.40. The Bertz CT molecular complexity index is 1210. The van der Waals surface area contributed by atoms with Crippen molar-refractivity contribution in [3.8, 4) is 11.1 Å². The van der Waals surface area contributed by atoms with Crippen molar-refractivity contribution in [2.24, 2.45) is 0 Å². The highest BCUT2D eigenvalue weighted by Gasteiger charge is 2.19. The molecule has 7 heteroatoms. The van der Waals surface area contributed by atoms with Crippen molar-refractivity contribution in [1.82, 2.24) is 9.97 Å². The second-order valence-corrected chi connectivity index (χ2v) is 8.82. The lowest BCUT2D eigenvalue weighted by molar-refractivity contribution is 0.0661. The monoisotopic (exact) mass is 424 g/mol. The van der Waals surface area contributed by atoms with Crippen molar-refractivity contribution in [1.29, 1.82) is 0 Å². The molecule has 0 saturated carbocycles. The lowest BCUT2D eigenvalue weighted by Gasteiger charge is -2.09. The molecule has 0 fully saturated rings. The molecule has 0 amide bonds. The number of benzene rings is 1. The summed E-state index contributed by atoms with van der Waals surface area (Å²) < 4.78 is 5.39. The molecular formula is C22H20N2O3S2. The Morgan fingerprint density at radius 2 is 2.00 bits per heavy atom. The highest BCUT2D eigenvalue weighted by molar-refractivity contribution is 7.98. The van der Waals surface area contributed by atoms with Crippen molar-refractivity contribution in [3.63, 3.8) is 0 Å². The van der Waals surface area contributed by atoms with Gasteiger partial charge in [-0.25, -0.2) is 14.8 Å². The van der Waals surface area contributed by atoms with E-state index in [-0.39, 0.29) is 5.76 Å². The van der Waals surface area contributed by atoms with E-state index in [1.165, 1.54) is 45.0 Å². The maximum absolute atomic E-state index is 11.0. The van der Waals surface area contributed by atoms with E-state index in [1.54, 1.807) is 23.7 Å². The standard InChI is InChI=1S/C22H20N2O3S2/c1-4-17-18(14-6-5-12(2)13(3)9-14)19-20(23-11-24-21(19)29-17)28-10-15-7-8-16(27-15)22(25)26/h5-9,11H,4,10H2,1-3H3,(H,25,26). The van der Waals surface area contributed by atoms with E-state index in [1.807, 2.05) is 0 Å². The summed E-state index contributed by atoms with van der Waals surface area (Å²) in [5.74, 6) is 0.00213. The quantitative estimate of drug-likeness (QED) is 0.297. The van der Waals surface area contributed by atoms with E-state index < -0.39 is 5.97 Å². The van der Waals surface area contributed by atoms with E-state index in [9.17, 15) is 4.79 Å². The van der Waals surface area contributed by atoms with Gasteiger partial charge in [-0.3, -0.25) is 0 Å². The molecule has 4 rings (SSSR count).